The van der Waals surface area contributed by atoms with Crippen molar-refractivity contribution in [3.05, 3.63) is 18.0 Å². The van der Waals surface area contributed by atoms with Gasteiger partial charge in [0, 0.05) is 18.4 Å². The standard InChI is InChI=1S/C12H20N4/c1-10-5-8-14-11(15-10)16-12(9-13)6-3-2-4-7-12/h5,8H,2-4,6-7,9,13H2,1H3,(H,14,15,16). The fraction of sp³-hybridized carbons (Fsp3) is 0.667. The van der Waals surface area contributed by atoms with Crippen molar-refractivity contribution in [2.24, 2.45) is 5.73 Å². The summed E-state index contributed by atoms with van der Waals surface area (Å²) in [6, 6.07) is 1.90. The molecule has 2 rings (SSSR count). The van der Waals surface area contributed by atoms with E-state index in [1.165, 1.54) is 19.3 Å². The van der Waals surface area contributed by atoms with Crippen LogP contribution in [0, 0.1) is 6.92 Å². The average molecular weight is 220 g/mol. The van der Waals surface area contributed by atoms with Crippen molar-refractivity contribution in [3.8, 4) is 0 Å². The monoisotopic (exact) mass is 220 g/mol. The Bertz CT molecular complexity index is 345. The molecule has 1 aliphatic rings. The van der Waals surface area contributed by atoms with Crippen LogP contribution in [0.25, 0.3) is 0 Å². The van der Waals surface area contributed by atoms with Crippen molar-refractivity contribution in [1.82, 2.24) is 9.97 Å². The summed E-state index contributed by atoms with van der Waals surface area (Å²) >= 11 is 0. The van der Waals surface area contributed by atoms with Crippen molar-refractivity contribution in [2.45, 2.75) is 44.6 Å². The normalized spacial score (nSPS) is 19.4. The van der Waals surface area contributed by atoms with Gasteiger partial charge in [0.15, 0.2) is 0 Å². The van der Waals surface area contributed by atoms with Crippen molar-refractivity contribution >= 4 is 5.95 Å². The SMILES string of the molecule is Cc1ccnc(NC2(CN)CCCCC2)n1. The Balaban J connectivity index is 2.11. The number of nitrogens with one attached hydrogen (secondary N) is 1. The van der Waals surface area contributed by atoms with Gasteiger partial charge in [0.2, 0.25) is 5.95 Å². The van der Waals surface area contributed by atoms with E-state index in [-0.39, 0.29) is 5.54 Å². The fourth-order valence-corrected chi connectivity index (χ4v) is 2.36. The van der Waals surface area contributed by atoms with Gasteiger partial charge in [-0.15, -0.1) is 0 Å². The van der Waals surface area contributed by atoms with E-state index in [0.29, 0.717) is 12.5 Å². The van der Waals surface area contributed by atoms with Gasteiger partial charge in [0.05, 0.1) is 5.54 Å². The first-order chi connectivity index (χ1) is 7.74. The summed E-state index contributed by atoms with van der Waals surface area (Å²) in [4.78, 5) is 8.63. The number of aromatic nitrogens is 2. The molecule has 88 valence electrons. The number of anilines is 1. The molecular weight excluding hydrogens is 200 g/mol. The molecule has 0 saturated heterocycles. The molecule has 1 saturated carbocycles. The van der Waals surface area contributed by atoms with Gasteiger partial charge in [-0.05, 0) is 25.8 Å². The maximum absolute atomic E-state index is 5.91. The zero-order chi connectivity index (χ0) is 11.4. The largest absolute Gasteiger partial charge is 0.348 e. The number of nitrogens with zero attached hydrogens (tertiary/aromatic N) is 2. The highest BCUT2D eigenvalue weighted by molar-refractivity contribution is 5.30. The van der Waals surface area contributed by atoms with Crippen LogP contribution in [0.3, 0.4) is 0 Å². The topological polar surface area (TPSA) is 63.8 Å². The van der Waals surface area contributed by atoms with E-state index in [1.54, 1.807) is 6.20 Å². The molecule has 0 bridgehead atoms. The van der Waals surface area contributed by atoms with Crippen LogP contribution in [-0.4, -0.2) is 22.1 Å². The quantitative estimate of drug-likeness (QED) is 0.816. The Labute approximate surface area is 96.7 Å². The van der Waals surface area contributed by atoms with Gasteiger partial charge in [0.1, 0.15) is 0 Å². The Morgan fingerprint density at radius 1 is 1.38 bits per heavy atom. The molecule has 0 spiro atoms. The lowest BCUT2D eigenvalue weighted by Gasteiger charge is -2.37. The minimum Gasteiger partial charge on any atom is -0.348 e. The molecule has 16 heavy (non-hydrogen) atoms. The van der Waals surface area contributed by atoms with E-state index < -0.39 is 0 Å². The predicted octanol–water partition coefficient (Wildman–Crippen LogP) is 1.86. The van der Waals surface area contributed by atoms with Crippen LogP contribution in [0.2, 0.25) is 0 Å². The third kappa shape index (κ3) is 2.50. The maximum atomic E-state index is 5.91. The Morgan fingerprint density at radius 2 is 2.12 bits per heavy atom. The van der Waals surface area contributed by atoms with Gasteiger partial charge in [-0.2, -0.15) is 0 Å². The second-order valence-corrected chi connectivity index (χ2v) is 4.69. The van der Waals surface area contributed by atoms with Gasteiger partial charge >= 0.3 is 0 Å². The van der Waals surface area contributed by atoms with Gasteiger partial charge in [-0.3, -0.25) is 0 Å². The molecule has 0 aromatic carbocycles. The molecule has 0 aliphatic heterocycles. The van der Waals surface area contributed by atoms with Crippen LogP contribution in [-0.2, 0) is 0 Å². The highest BCUT2D eigenvalue weighted by Gasteiger charge is 2.31. The zero-order valence-corrected chi connectivity index (χ0v) is 9.87. The lowest BCUT2D eigenvalue weighted by atomic mass is 9.82. The van der Waals surface area contributed by atoms with E-state index >= 15 is 0 Å². The highest BCUT2D eigenvalue weighted by atomic mass is 15.1. The zero-order valence-electron chi connectivity index (χ0n) is 9.87. The Hall–Kier alpha value is -1.16. The fourth-order valence-electron chi connectivity index (χ4n) is 2.36. The van der Waals surface area contributed by atoms with E-state index in [2.05, 4.69) is 15.3 Å². The number of hydrogen-bond acceptors (Lipinski definition) is 4. The van der Waals surface area contributed by atoms with E-state index in [1.807, 2.05) is 13.0 Å². The molecule has 3 N–H and O–H groups in total. The van der Waals surface area contributed by atoms with Crippen molar-refractivity contribution < 1.29 is 0 Å². The average Bonchev–Trinajstić information content (AvgIpc) is 2.30. The molecule has 4 nitrogen and oxygen atoms in total. The van der Waals surface area contributed by atoms with Gasteiger partial charge in [-0.1, -0.05) is 19.3 Å². The molecule has 0 atom stereocenters. The number of hydrogen-bond donors (Lipinski definition) is 2. The van der Waals surface area contributed by atoms with Crippen molar-refractivity contribution in [1.29, 1.82) is 0 Å². The first-order valence-corrected chi connectivity index (χ1v) is 6.02. The third-order valence-corrected chi connectivity index (χ3v) is 3.37. The third-order valence-electron chi connectivity index (χ3n) is 3.37. The number of aryl methyl sites for hydroxylation is 1. The number of nitrogens with two attached hydrogens (primary N) is 1. The molecule has 1 aromatic heterocycles. The lowest BCUT2D eigenvalue weighted by molar-refractivity contribution is 0.329. The highest BCUT2D eigenvalue weighted by Crippen LogP contribution is 2.29. The molecule has 4 heteroatoms. The van der Waals surface area contributed by atoms with E-state index in [9.17, 15) is 0 Å². The predicted molar refractivity (Wildman–Crippen MR) is 65.3 cm³/mol. The van der Waals surface area contributed by atoms with Crippen LogP contribution in [0.15, 0.2) is 12.3 Å². The molecular formula is C12H20N4. The summed E-state index contributed by atoms with van der Waals surface area (Å²) in [5, 5.41) is 3.44. The van der Waals surface area contributed by atoms with Crippen LogP contribution in [0.5, 0.6) is 0 Å². The number of rotatable bonds is 3. The van der Waals surface area contributed by atoms with E-state index in [4.69, 9.17) is 5.73 Å². The van der Waals surface area contributed by atoms with Crippen molar-refractivity contribution in [3.63, 3.8) is 0 Å². The summed E-state index contributed by atoms with van der Waals surface area (Å²) in [5.41, 5.74) is 6.91. The summed E-state index contributed by atoms with van der Waals surface area (Å²) in [6.07, 6.45) is 7.85. The lowest BCUT2D eigenvalue weighted by Crippen LogP contribution is -2.47. The molecule has 1 fully saturated rings. The molecule has 0 radical (unpaired) electrons. The van der Waals surface area contributed by atoms with Crippen LogP contribution >= 0.6 is 0 Å². The van der Waals surface area contributed by atoms with Crippen LogP contribution < -0.4 is 11.1 Å². The first kappa shape index (κ1) is 11.3. The summed E-state index contributed by atoms with van der Waals surface area (Å²) in [7, 11) is 0. The smallest absolute Gasteiger partial charge is 0.223 e. The van der Waals surface area contributed by atoms with Crippen LogP contribution in [0.4, 0.5) is 5.95 Å². The molecule has 0 unspecified atom stereocenters. The minimum absolute atomic E-state index is 0.0199. The molecule has 1 heterocycles. The Morgan fingerprint density at radius 3 is 2.75 bits per heavy atom. The summed E-state index contributed by atoms with van der Waals surface area (Å²) in [5.74, 6) is 0.715. The Kier molecular flexibility index (Phi) is 3.39. The van der Waals surface area contributed by atoms with Crippen molar-refractivity contribution in [2.75, 3.05) is 11.9 Å². The van der Waals surface area contributed by atoms with E-state index in [0.717, 1.165) is 18.5 Å². The summed E-state index contributed by atoms with van der Waals surface area (Å²) in [6.45, 7) is 2.63. The first-order valence-electron chi connectivity index (χ1n) is 6.02. The second-order valence-electron chi connectivity index (χ2n) is 4.69. The molecule has 0 amide bonds. The second kappa shape index (κ2) is 4.78. The molecule has 1 aromatic rings. The van der Waals surface area contributed by atoms with Gasteiger partial charge in [-0.25, -0.2) is 9.97 Å². The molecule has 1 aliphatic carbocycles. The van der Waals surface area contributed by atoms with Crippen LogP contribution in [0.1, 0.15) is 37.8 Å². The maximum Gasteiger partial charge on any atom is 0.223 e. The minimum atomic E-state index is 0.0199. The summed E-state index contributed by atoms with van der Waals surface area (Å²) < 4.78 is 0. The van der Waals surface area contributed by atoms with Gasteiger partial charge in [0.25, 0.3) is 0 Å². The van der Waals surface area contributed by atoms with Gasteiger partial charge < -0.3 is 11.1 Å².